The molecule has 1 unspecified atom stereocenters. The van der Waals surface area contributed by atoms with Crippen LogP contribution in [0.2, 0.25) is 0 Å². The van der Waals surface area contributed by atoms with Crippen LogP contribution in [0.1, 0.15) is 45.4 Å². The summed E-state index contributed by atoms with van der Waals surface area (Å²) in [7, 11) is 1.83. The lowest BCUT2D eigenvalue weighted by molar-refractivity contribution is 0.0911. The third-order valence-corrected chi connectivity index (χ3v) is 5.00. The predicted molar refractivity (Wildman–Crippen MR) is 80.5 cm³/mol. The normalized spacial score (nSPS) is 24.9. The summed E-state index contributed by atoms with van der Waals surface area (Å²) < 4.78 is 5.29. The van der Waals surface area contributed by atoms with E-state index in [-0.39, 0.29) is 0 Å². The van der Waals surface area contributed by atoms with Crippen molar-refractivity contribution in [3.05, 3.63) is 0 Å². The molecule has 0 aromatic heterocycles. The molecule has 2 aliphatic rings. The monoisotopic (exact) mass is 268 g/mol. The molecule has 2 fully saturated rings. The van der Waals surface area contributed by atoms with E-state index in [2.05, 4.69) is 17.1 Å². The molecule has 0 aromatic rings. The molecule has 112 valence electrons. The number of hydrogen-bond acceptors (Lipinski definition) is 3. The fourth-order valence-corrected chi connectivity index (χ4v) is 3.85. The average molecular weight is 268 g/mol. The van der Waals surface area contributed by atoms with Crippen molar-refractivity contribution in [3.63, 3.8) is 0 Å². The molecule has 0 amide bonds. The summed E-state index contributed by atoms with van der Waals surface area (Å²) in [5.74, 6) is 1.72. The first-order valence-electron chi connectivity index (χ1n) is 8.28. The van der Waals surface area contributed by atoms with Gasteiger partial charge < -0.3 is 15.0 Å². The zero-order chi connectivity index (χ0) is 13.5. The van der Waals surface area contributed by atoms with Gasteiger partial charge in [-0.25, -0.2) is 0 Å². The second-order valence-electron chi connectivity index (χ2n) is 6.41. The predicted octanol–water partition coefficient (Wildman–Crippen LogP) is 2.51. The van der Waals surface area contributed by atoms with Gasteiger partial charge in [0.2, 0.25) is 0 Å². The fraction of sp³-hybridized carbons (Fsp3) is 1.00. The molecule has 19 heavy (non-hydrogen) atoms. The molecule has 0 aromatic carbocycles. The zero-order valence-electron chi connectivity index (χ0n) is 12.9. The Morgan fingerprint density at radius 2 is 1.84 bits per heavy atom. The van der Waals surface area contributed by atoms with Crippen LogP contribution >= 0.6 is 0 Å². The topological polar surface area (TPSA) is 24.5 Å². The van der Waals surface area contributed by atoms with Crippen molar-refractivity contribution < 1.29 is 4.74 Å². The standard InChI is InChI=1S/C16H32N2O/c1-3-17-16(15-6-4-5-7-15)12-18-10-8-14(9-11-18)13-19-2/h14-17H,3-13H2,1-2H3. The Balaban J connectivity index is 1.75. The van der Waals surface area contributed by atoms with Crippen molar-refractivity contribution in [1.82, 2.24) is 10.2 Å². The minimum Gasteiger partial charge on any atom is -0.384 e. The molecule has 0 bridgehead atoms. The van der Waals surface area contributed by atoms with Gasteiger partial charge in [-0.1, -0.05) is 19.8 Å². The summed E-state index contributed by atoms with van der Waals surface area (Å²) in [5, 5.41) is 3.74. The second-order valence-corrected chi connectivity index (χ2v) is 6.41. The minimum atomic E-state index is 0.728. The van der Waals surface area contributed by atoms with Gasteiger partial charge >= 0.3 is 0 Å². The first kappa shape index (κ1) is 15.3. The molecule has 0 spiro atoms. The zero-order valence-corrected chi connectivity index (χ0v) is 12.9. The summed E-state index contributed by atoms with van der Waals surface area (Å²) in [6, 6.07) is 0.728. The van der Waals surface area contributed by atoms with E-state index in [1.54, 1.807) is 0 Å². The summed E-state index contributed by atoms with van der Waals surface area (Å²) in [4.78, 5) is 2.68. The molecule has 1 N–H and O–H groups in total. The van der Waals surface area contributed by atoms with Gasteiger partial charge in [0.1, 0.15) is 0 Å². The number of rotatable bonds is 7. The molecular formula is C16H32N2O. The van der Waals surface area contributed by atoms with Crippen LogP contribution in [-0.4, -0.2) is 50.8 Å². The first-order chi connectivity index (χ1) is 9.33. The van der Waals surface area contributed by atoms with Crippen LogP contribution in [0, 0.1) is 11.8 Å². The van der Waals surface area contributed by atoms with Gasteiger partial charge in [-0.2, -0.15) is 0 Å². The Labute approximate surface area is 119 Å². The molecule has 3 heteroatoms. The maximum absolute atomic E-state index is 5.29. The van der Waals surface area contributed by atoms with Gasteiger partial charge in [0.25, 0.3) is 0 Å². The van der Waals surface area contributed by atoms with Gasteiger partial charge in [0.05, 0.1) is 0 Å². The molecule has 2 rings (SSSR count). The number of likely N-dealkylation sites (N-methyl/N-ethyl adjacent to an activating group) is 1. The third-order valence-electron chi connectivity index (χ3n) is 5.00. The molecule has 1 aliphatic heterocycles. The van der Waals surface area contributed by atoms with Crippen molar-refractivity contribution >= 4 is 0 Å². The lowest BCUT2D eigenvalue weighted by Gasteiger charge is -2.36. The maximum Gasteiger partial charge on any atom is 0.0491 e. The smallest absolute Gasteiger partial charge is 0.0491 e. The Hall–Kier alpha value is -0.120. The number of nitrogens with zero attached hydrogens (tertiary/aromatic N) is 1. The highest BCUT2D eigenvalue weighted by molar-refractivity contribution is 4.84. The molecule has 3 nitrogen and oxygen atoms in total. The summed E-state index contributed by atoms with van der Waals surface area (Å²) >= 11 is 0. The van der Waals surface area contributed by atoms with Gasteiger partial charge in [-0.15, -0.1) is 0 Å². The Kier molecular flexibility index (Phi) is 6.62. The quantitative estimate of drug-likeness (QED) is 0.768. The van der Waals surface area contributed by atoms with E-state index in [4.69, 9.17) is 4.74 Å². The molecule has 1 atom stereocenters. The van der Waals surface area contributed by atoms with Crippen LogP contribution in [0.3, 0.4) is 0 Å². The van der Waals surface area contributed by atoms with Crippen LogP contribution in [0.25, 0.3) is 0 Å². The lowest BCUT2D eigenvalue weighted by atomic mass is 9.94. The SMILES string of the molecule is CCNC(CN1CCC(COC)CC1)C1CCCC1. The molecule has 1 saturated heterocycles. The van der Waals surface area contributed by atoms with Gasteiger partial charge in [-0.05, 0) is 57.2 Å². The first-order valence-corrected chi connectivity index (χ1v) is 8.28. The molecule has 0 radical (unpaired) electrons. The van der Waals surface area contributed by atoms with Gasteiger partial charge in [-0.3, -0.25) is 0 Å². The Morgan fingerprint density at radius 1 is 1.16 bits per heavy atom. The summed E-state index contributed by atoms with van der Waals surface area (Å²) in [6.07, 6.45) is 8.41. The molecule has 1 aliphatic carbocycles. The molecular weight excluding hydrogens is 236 g/mol. The number of ether oxygens (including phenoxy) is 1. The highest BCUT2D eigenvalue weighted by Gasteiger charge is 2.27. The van der Waals surface area contributed by atoms with Crippen molar-refractivity contribution in [2.45, 2.75) is 51.5 Å². The fourth-order valence-electron chi connectivity index (χ4n) is 3.85. The number of methoxy groups -OCH3 is 1. The van der Waals surface area contributed by atoms with E-state index in [9.17, 15) is 0 Å². The lowest BCUT2D eigenvalue weighted by Crippen LogP contribution is -2.47. The van der Waals surface area contributed by atoms with Crippen molar-refractivity contribution in [1.29, 1.82) is 0 Å². The minimum absolute atomic E-state index is 0.728. The van der Waals surface area contributed by atoms with Gasteiger partial charge in [0, 0.05) is 26.3 Å². The molecule has 1 heterocycles. The van der Waals surface area contributed by atoms with Crippen LogP contribution in [-0.2, 0) is 4.74 Å². The number of nitrogens with one attached hydrogen (secondary N) is 1. The van der Waals surface area contributed by atoms with Crippen LogP contribution < -0.4 is 5.32 Å². The number of likely N-dealkylation sites (tertiary alicyclic amines) is 1. The number of hydrogen-bond donors (Lipinski definition) is 1. The van der Waals surface area contributed by atoms with Crippen molar-refractivity contribution in [2.75, 3.05) is 39.9 Å². The number of piperidine rings is 1. The molecule has 1 saturated carbocycles. The van der Waals surface area contributed by atoms with Crippen molar-refractivity contribution in [3.8, 4) is 0 Å². The summed E-state index contributed by atoms with van der Waals surface area (Å²) in [6.45, 7) is 8.10. The van der Waals surface area contributed by atoms with Crippen LogP contribution in [0.4, 0.5) is 0 Å². The van der Waals surface area contributed by atoms with E-state index in [0.717, 1.165) is 31.0 Å². The maximum atomic E-state index is 5.29. The Morgan fingerprint density at radius 3 is 2.42 bits per heavy atom. The highest BCUT2D eigenvalue weighted by Crippen LogP contribution is 2.29. The van der Waals surface area contributed by atoms with E-state index < -0.39 is 0 Å². The van der Waals surface area contributed by atoms with Gasteiger partial charge in [0.15, 0.2) is 0 Å². The van der Waals surface area contributed by atoms with E-state index >= 15 is 0 Å². The van der Waals surface area contributed by atoms with E-state index in [1.165, 1.54) is 58.2 Å². The van der Waals surface area contributed by atoms with E-state index in [0.29, 0.717) is 0 Å². The third kappa shape index (κ3) is 4.73. The largest absolute Gasteiger partial charge is 0.384 e. The average Bonchev–Trinajstić information content (AvgIpc) is 2.95. The van der Waals surface area contributed by atoms with Crippen LogP contribution in [0.15, 0.2) is 0 Å². The second kappa shape index (κ2) is 8.23. The van der Waals surface area contributed by atoms with Crippen molar-refractivity contribution in [2.24, 2.45) is 11.8 Å². The van der Waals surface area contributed by atoms with Crippen LogP contribution in [0.5, 0.6) is 0 Å². The summed E-state index contributed by atoms with van der Waals surface area (Å²) in [5.41, 5.74) is 0. The van der Waals surface area contributed by atoms with E-state index in [1.807, 2.05) is 7.11 Å². The highest BCUT2D eigenvalue weighted by atomic mass is 16.5. The Bertz CT molecular complexity index is 233.